The van der Waals surface area contributed by atoms with Crippen LogP contribution in [0.25, 0.3) is 0 Å². The van der Waals surface area contributed by atoms with Gasteiger partial charge in [0, 0.05) is 38.2 Å². The number of nitrogens with zero attached hydrogens (tertiary/aromatic N) is 1. The van der Waals surface area contributed by atoms with Gasteiger partial charge in [0.25, 0.3) is 0 Å². The third-order valence-electron chi connectivity index (χ3n) is 4.69. The molecule has 2 unspecified atom stereocenters. The first-order valence-electron chi connectivity index (χ1n) is 7.99. The number of piperidine rings is 1. The molecule has 2 rings (SSSR count). The zero-order valence-electron chi connectivity index (χ0n) is 12.3. The average Bonchev–Trinajstić information content (AvgIpc) is 2.34. The van der Waals surface area contributed by atoms with Crippen molar-refractivity contribution in [2.24, 2.45) is 5.92 Å². The molecule has 5 nitrogen and oxygen atoms in total. The third-order valence-corrected chi connectivity index (χ3v) is 4.69. The Morgan fingerprint density at radius 3 is 2.70 bits per heavy atom. The topological polar surface area (TPSA) is 72.8 Å². The lowest BCUT2D eigenvalue weighted by atomic mass is 9.85. The second-order valence-corrected chi connectivity index (χ2v) is 6.30. The highest BCUT2D eigenvalue weighted by Crippen LogP contribution is 2.30. The molecule has 116 valence electrons. The highest BCUT2D eigenvalue weighted by Gasteiger charge is 2.33. The maximum atomic E-state index is 10.8. The molecule has 2 atom stereocenters. The second kappa shape index (κ2) is 7.96. The fraction of sp³-hybridized carbons (Fsp3) is 0.933. The summed E-state index contributed by atoms with van der Waals surface area (Å²) in [7, 11) is 0. The summed E-state index contributed by atoms with van der Waals surface area (Å²) < 4.78 is 0. The molecule has 20 heavy (non-hydrogen) atoms. The number of hydrogen-bond donors (Lipinski definition) is 3. The van der Waals surface area contributed by atoms with Crippen LogP contribution in [-0.2, 0) is 4.79 Å². The molecule has 0 aromatic rings. The average molecular weight is 284 g/mol. The maximum Gasteiger partial charge on any atom is 0.303 e. The SMILES string of the molecule is O=C(O)CCC1CC(NCCCO)CN(C2CCC2)C1. The van der Waals surface area contributed by atoms with Crippen LogP contribution in [0.15, 0.2) is 0 Å². The largest absolute Gasteiger partial charge is 0.481 e. The van der Waals surface area contributed by atoms with E-state index in [1.54, 1.807) is 0 Å². The minimum absolute atomic E-state index is 0.231. The van der Waals surface area contributed by atoms with Gasteiger partial charge in [-0.2, -0.15) is 0 Å². The third kappa shape index (κ3) is 4.72. The van der Waals surface area contributed by atoms with Gasteiger partial charge < -0.3 is 15.5 Å². The van der Waals surface area contributed by atoms with Gasteiger partial charge in [-0.15, -0.1) is 0 Å². The molecular formula is C15H28N2O3. The van der Waals surface area contributed by atoms with Crippen molar-refractivity contribution in [3.63, 3.8) is 0 Å². The van der Waals surface area contributed by atoms with Crippen LogP contribution in [0.2, 0.25) is 0 Å². The summed E-state index contributed by atoms with van der Waals surface area (Å²) >= 11 is 0. The molecule has 0 bridgehead atoms. The van der Waals surface area contributed by atoms with Crippen molar-refractivity contribution in [1.82, 2.24) is 10.2 Å². The smallest absolute Gasteiger partial charge is 0.303 e. The highest BCUT2D eigenvalue weighted by molar-refractivity contribution is 5.66. The van der Waals surface area contributed by atoms with Gasteiger partial charge in [-0.25, -0.2) is 0 Å². The van der Waals surface area contributed by atoms with E-state index in [9.17, 15) is 4.79 Å². The molecule has 0 radical (unpaired) electrons. The molecular weight excluding hydrogens is 256 g/mol. The van der Waals surface area contributed by atoms with Crippen LogP contribution in [0.5, 0.6) is 0 Å². The summed E-state index contributed by atoms with van der Waals surface area (Å²) in [5, 5.41) is 21.2. The van der Waals surface area contributed by atoms with E-state index in [1.165, 1.54) is 19.3 Å². The van der Waals surface area contributed by atoms with E-state index in [-0.39, 0.29) is 13.0 Å². The molecule has 3 N–H and O–H groups in total. The fourth-order valence-corrected chi connectivity index (χ4v) is 3.36. The summed E-state index contributed by atoms with van der Waals surface area (Å²) in [5.41, 5.74) is 0. The second-order valence-electron chi connectivity index (χ2n) is 6.30. The molecule has 5 heteroatoms. The number of likely N-dealkylation sites (tertiary alicyclic amines) is 1. The summed E-state index contributed by atoms with van der Waals surface area (Å²) in [6.45, 7) is 3.23. The number of nitrogens with one attached hydrogen (secondary N) is 1. The van der Waals surface area contributed by atoms with Crippen LogP contribution >= 0.6 is 0 Å². The van der Waals surface area contributed by atoms with Crippen molar-refractivity contribution < 1.29 is 15.0 Å². The lowest BCUT2D eigenvalue weighted by Crippen LogP contribution is -2.54. The number of aliphatic hydroxyl groups excluding tert-OH is 1. The number of aliphatic carboxylic acids is 1. The lowest BCUT2D eigenvalue weighted by Gasteiger charge is -2.45. The van der Waals surface area contributed by atoms with Crippen LogP contribution in [0.1, 0.15) is 44.9 Å². The maximum absolute atomic E-state index is 10.8. The van der Waals surface area contributed by atoms with Crippen LogP contribution in [-0.4, -0.2) is 59.4 Å². The number of carbonyl (C=O) groups is 1. The Morgan fingerprint density at radius 2 is 2.10 bits per heavy atom. The Labute approximate surface area is 121 Å². The van der Waals surface area contributed by atoms with Gasteiger partial charge in [0.05, 0.1) is 0 Å². The predicted molar refractivity (Wildman–Crippen MR) is 77.7 cm³/mol. The van der Waals surface area contributed by atoms with Gasteiger partial charge in [0.1, 0.15) is 0 Å². The van der Waals surface area contributed by atoms with E-state index in [4.69, 9.17) is 10.2 Å². The molecule has 1 saturated carbocycles. The number of hydrogen-bond acceptors (Lipinski definition) is 4. The van der Waals surface area contributed by atoms with E-state index < -0.39 is 5.97 Å². The van der Waals surface area contributed by atoms with Gasteiger partial charge in [-0.3, -0.25) is 9.69 Å². The molecule has 2 aliphatic rings. The summed E-state index contributed by atoms with van der Waals surface area (Å²) in [6.07, 6.45) is 6.87. The van der Waals surface area contributed by atoms with Crippen LogP contribution in [0.4, 0.5) is 0 Å². The molecule has 0 aromatic carbocycles. The molecule has 0 amide bonds. The fourth-order valence-electron chi connectivity index (χ4n) is 3.36. The first-order chi connectivity index (χ1) is 9.69. The van der Waals surface area contributed by atoms with E-state index in [1.807, 2.05) is 0 Å². The van der Waals surface area contributed by atoms with Crippen molar-refractivity contribution in [3.05, 3.63) is 0 Å². The molecule has 1 aliphatic heterocycles. The predicted octanol–water partition coefficient (Wildman–Crippen LogP) is 1.07. The van der Waals surface area contributed by atoms with Crippen molar-refractivity contribution in [1.29, 1.82) is 0 Å². The Hall–Kier alpha value is -0.650. The van der Waals surface area contributed by atoms with E-state index in [0.29, 0.717) is 12.0 Å². The molecule has 0 spiro atoms. The number of carboxylic acids is 1. The Balaban J connectivity index is 1.82. The van der Waals surface area contributed by atoms with E-state index in [2.05, 4.69) is 10.2 Å². The van der Waals surface area contributed by atoms with E-state index >= 15 is 0 Å². The summed E-state index contributed by atoms with van der Waals surface area (Å²) in [6, 6.07) is 1.18. The quantitative estimate of drug-likeness (QED) is 0.581. The normalized spacial score (nSPS) is 28.2. The minimum Gasteiger partial charge on any atom is -0.481 e. The van der Waals surface area contributed by atoms with Crippen molar-refractivity contribution in [2.45, 2.75) is 57.0 Å². The number of rotatable bonds is 8. The van der Waals surface area contributed by atoms with Crippen molar-refractivity contribution in [2.75, 3.05) is 26.2 Å². The van der Waals surface area contributed by atoms with Crippen molar-refractivity contribution >= 4 is 5.97 Å². The molecule has 1 saturated heterocycles. The first-order valence-corrected chi connectivity index (χ1v) is 7.99. The van der Waals surface area contributed by atoms with Gasteiger partial charge >= 0.3 is 5.97 Å². The van der Waals surface area contributed by atoms with Gasteiger partial charge in [-0.1, -0.05) is 6.42 Å². The molecule has 2 fully saturated rings. The summed E-state index contributed by atoms with van der Waals surface area (Å²) in [4.78, 5) is 13.3. The van der Waals surface area contributed by atoms with Crippen molar-refractivity contribution in [3.8, 4) is 0 Å². The monoisotopic (exact) mass is 284 g/mol. The van der Waals surface area contributed by atoms with Gasteiger partial charge in [0.2, 0.25) is 0 Å². The van der Waals surface area contributed by atoms with Gasteiger partial charge in [0.15, 0.2) is 0 Å². The Morgan fingerprint density at radius 1 is 1.30 bits per heavy atom. The molecule has 1 aliphatic carbocycles. The highest BCUT2D eigenvalue weighted by atomic mass is 16.4. The number of aliphatic hydroxyl groups is 1. The summed E-state index contributed by atoms with van der Waals surface area (Å²) in [5.74, 6) is -0.192. The first kappa shape index (κ1) is 15.7. The lowest BCUT2D eigenvalue weighted by molar-refractivity contribution is -0.137. The van der Waals surface area contributed by atoms with Gasteiger partial charge in [-0.05, 0) is 44.6 Å². The molecule has 1 heterocycles. The Bertz CT molecular complexity index is 307. The van der Waals surface area contributed by atoms with Crippen LogP contribution in [0, 0.1) is 5.92 Å². The Kier molecular flexibility index (Phi) is 6.26. The minimum atomic E-state index is -0.685. The zero-order valence-corrected chi connectivity index (χ0v) is 12.3. The number of carboxylic acid groups (broad SMARTS) is 1. The van der Waals surface area contributed by atoms with E-state index in [0.717, 1.165) is 44.9 Å². The standard InChI is InChI=1S/C15H28N2O3/c18-8-2-7-16-13-9-12(5-6-15(19)20)10-17(11-13)14-3-1-4-14/h12-14,16,18H,1-11H2,(H,19,20). The zero-order chi connectivity index (χ0) is 14.4. The molecule has 0 aromatic heterocycles. The van der Waals surface area contributed by atoms with Crippen LogP contribution < -0.4 is 5.32 Å². The van der Waals surface area contributed by atoms with Crippen LogP contribution in [0.3, 0.4) is 0 Å².